The van der Waals surface area contributed by atoms with Gasteiger partial charge in [-0.05, 0) is 31.0 Å². The zero-order valence-electron chi connectivity index (χ0n) is 10.6. The monoisotopic (exact) mass is 312 g/mol. The lowest BCUT2D eigenvalue weighted by Crippen LogP contribution is -2.26. The number of nitrogens with one attached hydrogen (secondary N) is 1. The van der Waals surface area contributed by atoms with E-state index >= 15 is 0 Å². The number of anilines is 2. The fourth-order valence-electron chi connectivity index (χ4n) is 2.09. The van der Waals surface area contributed by atoms with Crippen molar-refractivity contribution in [3.05, 3.63) is 40.3 Å². The van der Waals surface area contributed by atoms with Crippen LogP contribution in [-0.2, 0) is 6.54 Å². The molecule has 0 unspecified atom stereocenters. The van der Waals surface area contributed by atoms with E-state index in [1.54, 1.807) is 12.3 Å². The van der Waals surface area contributed by atoms with E-state index in [1.807, 2.05) is 12.1 Å². The lowest BCUT2D eigenvalue weighted by molar-refractivity contribution is 0.500. The normalized spacial score (nSPS) is 14.3. The number of furan rings is 1. The highest BCUT2D eigenvalue weighted by Crippen LogP contribution is 2.38. The number of hydrogen-bond acceptors (Lipinski definition) is 5. The molecule has 1 fully saturated rings. The van der Waals surface area contributed by atoms with Crippen LogP contribution in [0.3, 0.4) is 0 Å². The third kappa shape index (κ3) is 2.70. The Bertz CT molecular complexity index is 599. The van der Waals surface area contributed by atoms with Crippen LogP contribution in [0.1, 0.15) is 18.6 Å². The summed E-state index contributed by atoms with van der Waals surface area (Å²) >= 11 is 12.3. The summed E-state index contributed by atoms with van der Waals surface area (Å²) in [6.45, 7) is 0.621. The second-order valence-electron chi connectivity index (χ2n) is 4.71. The van der Waals surface area contributed by atoms with E-state index in [0.29, 0.717) is 34.3 Å². The van der Waals surface area contributed by atoms with Gasteiger partial charge >= 0.3 is 0 Å². The molecule has 2 heterocycles. The van der Waals surface area contributed by atoms with Gasteiger partial charge in [0.2, 0.25) is 0 Å². The molecule has 3 N–H and O–H groups in total. The molecule has 1 aliphatic carbocycles. The molecule has 2 aromatic rings. The average Bonchev–Trinajstić information content (AvgIpc) is 3.14. The Morgan fingerprint density at radius 2 is 2.20 bits per heavy atom. The number of nitrogens with zero attached hydrogens (tertiary/aromatic N) is 2. The molecule has 1 saturated carbocycles. The molecule has 0 aromatic carbocycles. The number of hydrogen-bond donors (Lipinski definition) is 2. The van der Waals surface area contributed by atoms with Crippen molar-refractivity contribution in [2.24, 2.45) is 5.84 Å². The third-order valence-corrected chi connectivity index (χ3v) is 3.78. The van der Waals surface area contributed by atoms with Gasteiger partial charge in [-0.1, -0.05) is 23.2 Å². The highest BCUT2D eigenvalue weighted by atomic mass is 35.5. The molecule has 0 atom stereocenters. The van der Waals surface area contributed by atoms with Gasteiger partial charge in [-0.3, -0.25) is 0 Å². The summed E-state index contributed by atoms with van der Waals surface area (Å²) in [7, 11) is 0. The molecular formula is C13H14Cl2N4O. The Balaban J connectivity index is 1.94. The van der Waals surface area contributed by atoms with E-state index in [2.05, 4.69) is 15.3 Å². The molecule has 0 bridgehead atoms. The zero-order valence-corrected chi connectivity index (χ0v) is 12.2. The first-order chi connectivity index (χ1) is 9.69. The standard InChI is InChI=1S/C13H14Cl2N4O/c14-10-6-11(15)13(17-12(10)18-16)19(8-3-4-8)7-9-2-1-5-20-9/h1-2,5-6,8H,3-4,7,16H2,(H,17,18). The number of pyridine rings is 1. The van der Waals surface area contributed by atoms with Gasteiger partial charge in [0, 0.05) is 6.04 Å². The van der Waals surface area contributed by atoms with Crippen LogP contribution < -0.4 is 16.2 Å². The molecule has 0 radical (unpaired) electrons. The van der Waals surface area contributed by atoms with Crippen LogP contribution in [-0.4, -0.2) is 11.0 Å². The highest BCUT2D eigenvalue weighted by molar-refractivity contribution is 6.37. The zero-order chi connectivity index (χ0) is 14.1. The number of halogens is 2. The molecular weight excluding hydrogens is 299 g/mol. The molecule has 0 amide bonds. The number of rotatable bonds is 5. The van der Waals surface area contributed by atoms with Crippen LogP contribution in [0, 0.1) is 0 Å². The summed E-state index contributed by atoms with van der Waals surface area (Å²) in [6, 6.07) is 5.88. The Morgan fingerprint density at radius 3 is 2.80 bits per heavy atom. The summed E-state index contributed by atoms with van der Waals surface area (Å²) in [5.74, 6) is 7.37. The van der Waals surface area contributed by atoms with Crippen molar-refractivity contribution >= 4 is 34.8 Å². The van der Waals surface area contributed by atoms with Gasteiger partial charge in [-0.2, -0.15) is 0 Å². The van der Waals surface area contributed by atoms with Crippen molar-refractivity contribution in [1.82, 2.24) is 4.98 Å². The third-order valence-electron chi connectivity index (χ3n) is 3.21. The number of nitrogen functional groups attached to an aromatic ring is 1. The van der Waals surface area contributed by atoms with Crippen LogP contribution in [0.15, 0.2) is 28.9 Å². The smallest absolute Gasteiger partial charge is 0.161 e. The second kappa shape index (κ2) is 5.52. The average molecular weight is 313 g/mol. The summed E-state index contributed by atoms with van der Waals surface area (Å²) in [4.78, 5) is 6.54. The minimum Gasteiger partial charge on any atom is -0.467 e. The maximum Gasteiger partial charge on any atom is 0.161 e. The minimum atomic E-state index is 0.398. The van der Waals surface area contributed by atoms with E-state index in [1.165, 1.54) is 0 Å². The minimum absolute atomic E-state index is 0.398. The van der Waals surface area contributed by atoms with Crippen LogP contribution in [0.2, 0.25) is 10.0 Å². The van der Waals surface area contributed by atoms with Crippen molar-refractivity contribution in [3.8, 4) is 0 Å². The van der Waals surface area contributed by atoms with Gasteiger partial charge in [-0.15, -0.1) is 0 Å². The molecule has 5 nitrogen and oxygen atoms in total. The van der Waals surface area contributed by atoms with E-state index in [9.17, 15) is 0 Å². The Morgan fingerprint density at radius 1 is 1.40 bits per heavy atom. The Kier molecular flexibility index (Phi) is 3.74. The molecule has 7 heteroatoms. The quantitative estimate of drug-likeness (QED) is 0.654. The highest BCUT2D eigenvalue weighted by Gasteiger charge is 2.32. The van der Waals surface area contributed by atoms with Gasteiger partial charge in [0.25, 0.3) is 0 Å². The maximum absolute atomic E-state index is 6.28. The summed E-state index contributed by atoms with van der Waals surface area (Å²) in [6.07, 6.45) is 3.89. The molecule has 0 saturated heterocycles. The lowest BCUT2D eigenvalue weighted by atomic mass is 10.3. The topological polar surface area (TPSA) is 67.3 Å². The lowest BCUT2D eigenvalue weighted by Gasteiger charge is -2.24. The fourth-order valence-corrected chi connectivity index (χ4v) is 2.61. The molecule has 0 spiro atoms. The molecule has 0 aliphatic heterocycles. The van der Waals surface area contributed by atoms with Gasteiger partial charge in [0.05, 0.1) is 22.9 Å². The van der Waals surface area contributed by atoms with Crippen LogP contribution in [0.4, 0.5) is 11.6 Å². The van der Waals surface area contributed by atoms with Crippen molar-refractivity contribution in [2.45, 2.75) is 25.4 Å². The molecule has 1 aliphatic rings. The number of hydrazine groups is 1. The van der Waals surface area contributed by atoms with Crippen molar-refractivity contribution in [2.75, 3.05) is 10.3 Å². The fraction of sp³-hybridized carbons (Fsp3) is 0.308. The van der Waals surface area contributed by atoms with Gasteiger partial charge in [0.15, 0.2) is 11.6 Å². The first kappa shape index (κ1) is 13.5. The SMILES string of the molecule is NNc1nc(N(Cc2ccco2)C2CC2)c(Cl)cc1Cl. The van der Waals surface area contributed by atoms with Crippen molar-refractivity contribution in [1.29, 1.82) is 0 Å². The predicted octanol–water partition coefficient (Wildman–Crippen LogP) is 3.44. The largest absolute Gasteiger partial charge is 0.467 e. The second-order valence-corrected chi connectivity index (χ2v) is 5.52. The molecule has 2 aromatic heterocycles. The number of aromatic nitrogens is 1. The molecule has 20 heavy (non-hydrogen) atoms. The van der Waals surface area contributed by atoms with E-state index in [-0.39, 0.29) is 0 Å². The summed E-state index contributed by atoms with van der Waals surface area (Å²) < 4.78 is 5.40. The van der Waals surface area contributed by atoms with Gasteiger partial charge in [-0.25, -0.2) is 10.8 Å². The van der Waals surface area contributed by atoms with E-state index in [0.717, 1.165) is 18.6 Å². The van der Waals surface area contributed by atoms with Crippen molar-refractivity contribution in [3.63, 3.8) is 0 Å². The van der Waals surface area contributed by atoms with E-state index in [4.69, 9.17) is 33.5 Å². The van der Waals surface area contributed by atoms with Crippen LogP contribution in [0.25, 0.3) is 0 Å². The summed E-state index contributed by atoms with van der Waals surface area (Å²) in [5, 5.41) is 0.905. The molecule has 3 rings (SSSR count). The van der Waals surface area contributed by atoms with Gasteiger partial charge in [0.1, 0.15) is 5.76 Å². The van der Waals surface area contributed by atoms with Crippen molar-refractivity contribution < 1.29 is 4.42 Å². The Labute approximate surface area is 126 Å². The maximum atomic E-state index is 6.28. The predicted molar refractivity (Wildman–Crippen MR) is 80.0 cm³/mol. The number of nitrogens with two attached hydrogens (primary N) is 1. The first-order valence-electron chi connectivity index (χ1n) is 6.30. The van der Waals surface area contributed by atoms with E-state index < -0.39 is 0 Å². The Hall–Kier alpha value is -1.43. The van der Waals surface area contributed by atoms with Crippen LogP contribution in [0.5, 0.6) is 0 Å². The first-order valence-corrected chi connectivity index (χ1v) is 7.06. The van der Waals surface area contributed by atoms with Gasteiger partial charge < -0.3 is 14.7 Å². The molecule has 106 valence electrons. The van der Waals surface area contributed by atoms with Crippen LogP contribution >= 0.6 is 23.2 Å². The summed E-state index contributed by atoms with van der Waals surface area (Å²) in [5.41, 5.74) is 2.48.